The zero-order valence-electron chi connectivity index (χ0n) is 15.6. The molecule has 0 saturated carbocycles. The lowest BCUT2D eigenvalue weighted by atomic mass is 10.0. The monoisotopic (exact) mass is 388 g/mol. The summed E-state index contributed by atoms with van der Waals surface area (Å²) in [5.74, 6) is 2.52. The van der Waals surface area contributed by atoms with Gasteiger partial charge in [-0.05, 0) is 36.5 Å². The normalized spacial score (nSPS) is 16.3. The molecule has 1 aromatic heterocycles. The molecule has 0 atom stereocenters. The van der Waals surface area contributed by atoms with E-state index in [1.165, 1.54) is 0 Å². The van der Waals surface area contributed by atoms with Crippen LogP contribution in [0, 0.1) is 5.92 Å². The van der Waals surface area contributed by atoms with Crippen LogP contribution in [0.15, 0.2) is 28.8 Å². The summed E-state index contributed by atoms with van der Waals surface area (Å²) in [6.45, 7) is 3.19. The summed E-state index contributed by atoms with van der Waals surface area (Å²) < 4.78 is 26.9. The number of benzene rings is 1. The van der Waals surface area contributed by atoms with Crippen molar-refractivity contribution in [2.24, 2.45) is 5.92 Å². The highest BCUT2D eigenvalue weighted by Gasteiger charge is 2.16. The third kappa shape index (κ3) is 5.02. The van der Waals surface area contributed by atoms with Crippen LogP contribution in [0.5, 0.6) is 11.5 Å². The van der Waals surface area contributed by atoms with Crippen molar-refractivity contribution in [1.82, 2.24) is 10.5 Å². The van der Waals surface area contributed by atoms with Crippen LogP contribution in [-0.4, -0.2) is 37.6 Å². The van der Waals surface area contributed by atoms with E-state index in [1.54, 1.807) is 6.07 Å². The summed E-state index contributed by atoms with van der Waals surface area (Å²) in [5, 5.41) is 6.92. The Morgan fingerprint density at radius 2 is 2.00 bits per heavy atom. The van der Waals surface area contributed by atoms with Gasteiger partial charge in [0.25, 0.3) is 0 Å². The molecule has 150 valence electrons. The highest BCUT2D eigenvalue weighted by Crippen LogP contribution is 2.32. The molecule has 1 aromatic carbocycles. The fraction of sp³-hybridized carbons (Fsp3) is 0.500. The number of hydrogen-bond donors (Lipinski definition) is 1. The van der Waals surface area contributed by atoms with Gasteiger partial charge in [-0.15, -0.1) is 0 Å². The van der Waals surface area contributed by atoms with Crippen LogP contribution >= 0.6 is 0 Å². The average molecular weight is 388 g/mol. The first-order chi connectivity index (χ1) is 13.8. The van der Waals surface area contributed by atoms with Crippen molar-refractivity contribution in [3.8, 4) is 11.5 Å². The molecule has 0 aliphatic carbocycles. The largest absolute Gasteiger partial charge is 0.454 e. The number of carbonyl (C=O) groups is 1. The predicted octanol–water partition coefficient (Wildman–Crippen LogP) is 2.21. The summed E-state index contributed by atoms with van der Waals surface area (Å²) in [4.78, 5) is 12.1. The third-order valence-corrected chi connectivity index (χ3v) is 4.83. The van der Waals surface area contributed by atoms with Crippen LogP contribution < -0.4 is 14.8 Å². The topological polar surface area (TPSA) is 92.1 Å². The summed E-state index contributed by atoms with van der Waals surface area (Å²) in [6, 6.07) is 7.46. The molecule has 1 amide bonds. The lowest BCUT2D eigenvalue weighted by Crippen LogP contribution is -2.33. The highest BCUT2D eigenvalue weighted by molar-refractivity contribution is 5.78. The number of carbonyl (C=O) groups excluding carboxylic acids is 1. The molecule has 1 saturated heterocycles. The number of ether oxygens (including phenoxy) is 4. The minimum absolute atomic E-state index is 0.0485. The fourth-order valence-electron chi connectivity index (χ4n) is 3.24. The lowest BCUT2D eigenvalue weighted by molar-refractivity contribution is -0.120. The van der Waals surface area contributed by atoms with Crippen LogP contribution in [0.4, 0.5) is 0 Å². The van der Waals surface area contributed by atoms with E-state index < -0.39 is 0 Å². The van der Waals surface area contributed by atoms with Crippen molar-refractivity contribution in [3.05, 3.63) is 41.3 Å². The summed E-state index contributed by atoms with van der Waals surface area (Å²) >= 11 is 0. The molecule has 0 radical (unpaired) electrons. The van der Waals surface area contributed by atoms with Gasteiger partial charge in [-0.25, -0.2) is 0 Å². The first-order valence-electron chi connectivity index (χ1n) is 9.51. The second kappa shape index (κ2) is 9.07. The van der Waals surface area contributed by atoms with Gasteiger partial charge < -0.3 is 28.8 Å². The van der Waals surface area contributed by atoms with Gasteiger partial charge in [0.15, 0.2) is 17.3 Å². The van der Waals surface area contributed by atoms with E-state index in [1.807, 2.05) is 18.2 Å². The molecule has 0 bridgehead atoms. The Morgan fingerprint density at radius 3 is 2.89 bits per heavy atom. The fourth-order valence-corrected chi connectivity index (χ4v) is 3.24. The van der Waals surface area contributed by atoms with Crippen LogP contribution in [0.25, 0.3) is 0 Å². The maximum Gasteiger partial charge on any atom is 0.231 e. The Balaban J connectivity index is 1.18. The van der Waals surface area contributed by atoms with Crippen molar-refractivity contribution in [3.63, 3.8) is 0 Å². The van der Waals surface area contributed by atoms with Gasteiger partial charge in [-0.1, -0.05) is 11.2 Å². The van der Waals surface area contributed by atoms with Crippen molar-refractivity contribution in [2.45, 2.75) is 32.5 Å². The van der Waals surface area contributed by atoms with Crippen LogP contribution in [0.3, 0.4) is 0 Å². The van der Waals surface area contributed by atoms with Gasteiger partial charge in [0.2, 0.25) is 12.7 Å². The first-order valence-corrected chi connectivity index (χ1v) is 9.51. The number of aromatic nitrogens is 1. The van der Waals surface area contributed by atoms with Gasteiger partial charge in [0.05, 0.1) is 18.7 Å². The maximum atomic E-state index is 12.1. The van der Waals surface area contributed by atoms with Gasteiger partial charge in [-0.2, -0.15) is 0 Å². The Kier molecular flexibility index (Phi) is 6.08. The molecule has 4 rings (SSSR count). The maximum absolute atomic E-state index is 12.1. The smallest absolute Gasteiger partial charge is 0.231 e. The van der Waals surface area contributed by atoms with Crippen LogP contribution in [0.1, 0.15) is 29.9 Å². The molecule has 2 aromatic rings. The number of amides is 1. The Morgan fingerprint density at radius 1 is 1.14 bits per heavy atom. The van der Waals surface area contributed by atoms with Gasteiger partial charge in [0.1, 0.15) is 6.61 Å². The Hall–Kier alpha value is -2.58. The van der Waals surface area contributed by atoms with Gasteiger partial charge in [-0.3, -0.25) is 4.79 Å². The molecule has 0 unspecified atom stereocenters. The van der Waals surface area contributed by atoms with E-state index in [0.717, 1.165) is 43.1 Å². The zero-order valence-corrected chi connectivity index (χ0v) is 15.6. The van der Waals surface area contributed by atoms with Crippen molar-refractivity contribution >= 4 is 5.91 Å². The lowest BCUT2D eigenvalue weighted by Gasteiger charge is -2.21. The molecule has 8 heteroatoms. The van der Waals surface area contributed by atoms with Gasteiger partial charge >= 0.3 is 0 Å². The second-order valence-corrected chi connectivity index (χ2v) is 7.00. The SMILES string of the molecule is O=C(Cc1cc(COCc2ccc3c(c2)OCO3)on1)NCC1CCOCC1. The molecule has 2 aliphatic rings. The average Bonchev–Trinajstić information content (AvgIpc) is 3.36. The van der Waals surface area contributed by atoms with E-state index in [-0.39, 0.29) is 25.7 Å². The first kappa shape index (κ1) is 18.8. The number of rotatable bonds is 8. The predicted molar refractivity (Wildman–Crippen MR) is 97.8 cm³/mol. The molecular weight excluding hydrogens is 364 g/mol. The summed E-state index contributed by atoms with van der Waals surface area (Å²) in [5.41, 5.74) is 1.59. The summed E-state index contributed by atoms with van der Waals surface area (Å²) in [6.07, 6.45) is 2.19. The minimum Gasteiger partial charge on any atom is -0.454 e. The van der Waals surface area contributed by atoms with E-state index in [0.29, 0.717) is 30.5 Å². The molecule has 28 heavy (non-hydrogen) atoms. The quantitative estimate of drug-likeness (QED) is 0.741. The van der Waals surface area contributed by atoms with E-state index in [4.69, 9.17) is 23.5 Å². The van der Waals surface area contributed by atoms with Crippen molar-refractivity contribution in [2.75, 3.05) is 26.6 Å². The standard InChI is InChI=1S/C20H24N2O6/c23-20(21-10-14-3-5-24-6-4-14)9-16-8-17(28-22-16)12-25-11-15-1-2-18-19(7-15)27-13-26-18/h1-2,7-8,14H,3-6,9-13H2,(H,21,23). The highest BCUT2D eigenvalue weighted by atomic mass is 16.7. The second-order valence-electron chi connectivity index (χ2n) is 7.00. The molecular formula is C20H24N2O6. The minimum atomic E-state index is -0.0485. The molecule has 1 N–H and O–H groups in total. The molecule has 0 spiro atoms. The van der Waals surface area contributed by atoms with E-state index in [9.17, 15) is 4.79 Å². The number of fused-ring (bicyclic) bond motifs is 1. The number of nitrogens with one attached hydrogen (secondary N) is 1. The van der Waals surface area contributed by atoms with E-state index >= 15 is 0 Å². The molecule has 3 heterocycles. The molecule has 1 fully saturated rings. The molecule has 2 aliphatic heterocycles. The zero-order chi connectivity index (χ0) is 19.2. The number of hydrogen-bond acceptors (Lipinski definition) is 7. The third-order valence-electron chi connectivity index (χ3n) is 4.83. The van der Waals surface area contributed by atoms with Crippen LogP contribution in [0.2, 0.25) is 0 Å². The van der Waals surface area contributed by atoms with Crippen molar-refractivity contribution in [1.29, 1.82) is 0 Å². The summed E-state index contributed by atoms with van der Waals surface area (Å²) in [7, 11) is 0. The van der Waals surface area contributed by atoms with Gasteiger partial charge in [0, 0.05) is 25.8 Å². The Bertz CT molecular complexity index is 800. The van der Waals surface area contributed by atoms with Crippen LogP contribution in [-0.2, 0) is 33.9 Å². The van der Waals surface area contributed by atoms with E-state index in [2.05, 4.69) is 10.5 Å². The van der Waals surface area contributed by atoms with Crippen molar-refractivity contribution < 1.29 is 28.3 Å². The Labute approximate surface area is 163 Å². The molecule has 8 nitrogen and oxygen atoms in total. The number of nitrogens with zero attached hydrogens (tertiary/aromatic N) is 1.